The lowest BCUT2D eigenvalue weighted by molar-refractivity contribution is 0.273. The van der Waals surface area contributed by atoms with E-state index in [-0.39, 0.29) is 0 Å². The van der Waals surface area contributed by atoms with Crippen LogP contribution in [0.2, 0.25) is 0 Å². The van der Waals surface area contributed by atoms with Crippen LogP contribution in [0, 0.1) is 6.92 Å². The molecular weight excluding hydrogens is 198 g/mol. The molecule has 1 unspecified atom stereocenters. The highest BCUT2D eigenvalue weighted by Gasteiger charge is 2.01. The van der Waals surface area contributed by atoms with Crippen LogP contribution in [0.3, 0.4) is 0 Å². The van der Waals surface area contributed by atoms with Gasteiger partial charge >= 0.3 is 0 Å². The topological polar surface area (TPSA) is 21.3 Å². The SMILES string of the molecule is CCCCNC(C)COc1ccc(C)cc1. The number of nitrogens with one attached hydrogen (secondary N) is 1. The largest absolute Gasteiger partial charge is 0.492 e. The van der Waals surface area contributed by atoms with Gasteiger partial charge in [0.2, 0.25) is 0 Å². The number of rotatable bonds is 7. The minimum atomic E-state index is 0.410. The van der Waals surface area contributed by atoms with Crippen LogP contribution in [0.25, 0.3) is 0 Å². The molecule has 2 nitrogen and oxygen atoms in total. The fraction of sp³-hybridized carbons (Fsp3) is 0.571. The van der Waals surface area contributed by atoms with Crippen molar-refractivity contribution in [2.45, 2.75) is 39.7 Å². The summed E-state index contributed by atoms with van der Waals surface area (Å²) in [6.45, 7) is 8.25. The molecule has 0 radical (unpaired) electrons. The molecule has 0 saturated heterocycles. The highest BCUT2D eigenvalue weighted by atomic mass is 16.5. The van der Waals surface area contributed by atoms with Crippen LogP contribution in [-0.2, 0) is 0 Å². The van der Waals surface area contributed by atoms with Crippen LogP contribution in [0.1, 0.15) is 32.3 Å². The Balaban J connectivity index is 2.20. The molecule has 1 aromatic rings. The van der Waals surface area contributed by atoms with E-state index < -0.39 is 0 Å². The van der Waals surface area contributed by atoms with E-state index in [0.717, 1.165) is 18.9 Å². The zero-order chi connectivity index (χ0) is 11.8. The first-order valence-electron chi connectivity index (χ1n) is 6.15. The third kappa shape index (κ3) is 5.17. The average Bonchev–Trinajstić information content (AvgIpc) is 2.29. The first-order valence-corrected chi connectivity index (χ1v) is 6.15. The molecule has 1 atom stereocenters. The molecule has 1 rings (SSSR count). The van der Waals surface area contributed by atoms with Crippen molar-refractivity contribution in [3.63, 3.8) is 0 Å². The number of ether oxygens (including phenoxy) is 1. The van der Waals surface area contributed by atoms with E-state index in [1.54, 1.807) is 0 Å². The fourth-order valence-corrected chi connectivity index (χ4v) is 1.44. The molecule has 90 valence electrons. The minimum absolute atomic E-state index is 0.410. The Morgan fingerprint density at radius 2 is 1.94 bits per heavy atom. The normalized spacial score (nSPS) is 12.4. The minimum Gasteiger partial charge on any atom is -0.492 e. The second-order valence-corrected chi connectivity index (χ2v) is 4.33. The molecule has 1 N–H and O–H groups in total. The second-order valence-electron chi connectivity index (χ2n) is 4.33. The van der Waals surface area contributed by atoms with Gasteiger partial charge < -0.3 is 10.1 Å². The van der Waals surface area contributed by atoms with E-state index >= 15 is 0 Å². The van der Waals surface area contributed by atoms with Crippen molar-refractivity contribution in [3.8, 4) is 5.75 Å². The second kappa shape index (κ2) is 7.29. The predicted molar refractivity (Wildman–Crippen MR) is 69.0 cm³/mol. The molecule has 0 amide bonds. The molecule has 16 heavy (non-hydrogen) atoms. The maximum Gasteiger partial charge on any atom is 0.119 e. The van der Waals surface area contributed by atoms with Crippen LogP contribution in [0.5, 0.6) is 5.75 Å². The Kier molecular flexibility index (Phi) is 5.94. The van der Waals surface area contributed by atoms with E-state index in [9.17, 15) is 0 Å². The third-order valence-electron chi connectivity index (χ3n) is 2.54. The summed E-state index contributed by atoms with van der Waals surface area (Å²) in [6, 6.07) is 8.60. The summed E-state index contributed by atoms with van der Waals surface area (Å²) in [5.41, 5.74) is 1.27. The lowest BCUT2D eigenvalue weighted by atomic mass is 10.2. The third-order valence-corrected chi connectivity index (χ3v) is 2.54. The number of benzene rings is 1. The molecule has 0 aliphatic rings. The van der Waals surface area contributed by atoms with Crippen LogP contribution in [0.15, 0.2) is 24.3 Å². The van der Waals surface area contributed by atoms with Gasteiger partial charge in [0.1, 0.15) is 12.4 Å². The van der Waals surface area contributed by atoms with Gasteiger partial charge in [0.15, 0.2) is 0 Å². The van der Waals surface area contributed by atoms with E-state index in [4.69, 9.17) is 4.74 Å². The fourth-order valence-electron chi connectivity index (χ4n) is 1.44. The molecule has 0 bridgehead atoms. The van der Waals surface area contributed by atoms with Gasteiger partial charge in [0.25, 0.3) is 0 Å². The van der Waals surface area contributed by atoms with Crippen molar-refractivity contribution in [1.82, 2.24) is 5.32 Å². The predicted octanol–water partition coefficient (Wildman–Crippen LogP) is 3.15. The Bertz CT molecular complexity index is 281. The van der Waals surface area contributed by atoms with Gasteiger partial charge in [-0.2, -0.15) is 0 Å². The summed E-state index contributed by atoms with van der Waals surface area (Å²) >= 11 is 0. The van der Waals surface area contributed by atoms with Crippen LogP contribution in [0.4, 0.5) is 0 Å². The monoisotopic (exact) mass is 221 g/mol. The number of hydrogen-bond donors (Lipinski definition) is 1. The Morgan fingerprint density at radius 3 is 2.56 bits per heavy atom. The van der Waals surface area contributed by atoms with Gasteiger partial charge in [-0.1, -0.05) is 31.0 Å². The molecule has 2 heteroatoms. The first-order chi connectivity index (χ1) is 7.72. The Hall–Kier alpha value is -1.02. The highest BCUT2D eigenvalue weighted by Crippen LogP contribution is 2.11. The molecule has 0 aliphatic heterocycles. The molecule has 1 aromatic carbocycles. The summed E-state index contributed by atoms with van der Waals surface area (Å²) in [5, 5.41) is 3.44. The number of hydrogen-bond acceptors (Lipinski definition) is 2. The summed E-state index contributed by atoms with van der Waals surface area (Å²) in [6.07, 6.45) is 2.47. The molecular formula is C14H23NO. The average molecular weight is 221 g/mol. The van der Waals surface area contributed by atoms with Gasteiger partial charge in [0, 0.05) is 6.04 Å². The summed E-state index contributed by atoms with van der Waals surface area (Å²) in [7, 11) is 0. The molecule has 0 aromatic heterocycles. The lowest BCUT2D eigenvalue weighted by Crippen LogP contribution is -2.32. The van der Waals surface area contributed by atoms with Crippen molar-refractivity contribution < 1.29 is 4.74 Å². The van der Waals surface area contributed by atoms with Gasteiger partial charge in [-0.05, 0) is 38.9 Å². The zero-order valence-corrected chi connectivity index (χ0v) is 10.6. The molecule has 0 saturated carbocycles. The molecule has 0 fully saturated rings. The van der Waals surface area contributed by atoms with Crippen molar-refractivity contribution in [1.29, 1.82) is 0 Å². The van der Waals surface area contributed by atoms with Gasteiger partial charge in [0.05, 0.1) is 0 Å². The summed E-state index contributed by atoms with van der Waals surface area (Å²) < 4.78 is 5.69. The molecule has 0 aliphatic carbocycles. The maximum atomic E-state index is 5.69. The summed E-state index contributed by atoms with van der Waals surface area (Å²) in [4.78, 5) is 0. The Labute approximate surface area is 99.0 Å². The smallest absolute Gasteiger partial charge is 0.119 e. The highest BCUT2D eigenvalue weighted by molar-refractivity contribution is 5.26. The molecule has 0 spiro atoms. The van der Waals surface area contributed by atoms with Crippen molar-refractivity contribution >= 4 is 0 Å². The number of aryl methyl sites for hydroxylation is 1. The van der Waals surface area contributed by atoms with Crippen molar-refractivity contribution in [2.75, 3.05) is 13.2 Å². The van der Waals surface area contributed by atoms with E-state index in [0.29, 0.717) is 6.04 Å². The quantitative estimate of drug-likeness (QED) is 0.714. The van der Waals surface area contributed by atoms with Crippen molar-refractivity contribution in [3.05, 3.63) is 29.8 Å². The van der Waals surface area contributed by atoms with Crippen molar-refractivity contribution in [2.24, 2.45) is 0 Å². The van der Waals surface area contributed by atoms with Crippen LogP contribution in [-0.4, -0.2) is 19.2 Å². The van der Waals surface area contributed by atoms with Crippen LogP contribution >= 0.6 is 0 Å². The van der Waals surface area contributed by atoms with Gasteiger partial charge in [-0.25, -0.2) is 0 Å². The van der Waals surface area contributed by atoms with Gasteiger partial charge in [-0.3, -0.25) is 0 Å². The standard InChI is InChI=1S/C14H23NO/c1-4-5-10-15-13(3)11-16-14-8-6-12(2)7-9-14/h6-9,13,15H,4-5,10-11H2,1-3H3. The first kappa shape index (κ1) is 13.0. The maximum absolute atomic E-state index is 5.69. The van der Waals surface area contributed by atoms with E-state index in [1.165, 1.54) is 18.4 Å². The lowest BCUT2D eigenvalue weighted by Gasteiger charge is -2.14. The summed E-state index contributed by atoms with van der Waals surface area (Å²) in [5.74, 6) is 0.953. The zero-order valence-electron chi connectivity index (χ0n) is 10.6. The van der Waals surface area contributed by atoms with Gasteiger partial charge in [-0.15, -0.1) is 0 Å². The Morgan fingerprint density at radius 1 is 1.25 bits per heavy atom. The number of unbranched alkanes of at least 4 members (excludes halogenated alkanes) is 1. The van der Waals surface area contributed by atoms with E-state index in [1.807, 2.05) is 12.1 Å². The van der Waals surface area contributed by atoms with Crippen LogP contribution < -0.4 is 10.1 Å². The van der Waals surface area contributed by atoms with E-state index in [2.05, 4.69) is 38.2 Å². The molecule has 0 heterocycles.